The highest BCUT2D eigenvalue weighted by Gasteiger charge is 2.20. The predicted molar refractivity (Wildman–Crippen MR) is 89.9 cm³/mol. The summed E-state index contributed by atoms with van der Waals surface area (Å²) >= 11 is 5.85. The van der Waals surface area contributed by atoms with Gasteiger partial charge in [0.25, 0.3) is 0 Å². The molecule has 0 bridgehead atoms. The Labute approximate surface area is 144 Å². The lowest BCUT2D eigenvalue weighted by Crippen LogP contribution is -2.48. The van der Waals surface area contributed by atoms with E-state index < -0.39 is 5.97 Å². The van der Waals surface area contributed by atoms with E-state index in [1.165, 1.54) is 12.4 Å². The highest BCUT2D eigenvalue weighted by molar-refractivity contribution is 6.33. The molecule has 0 aromatic heterocycles. The Morgan fingerprint density at radius 1 is 1.33 bits per heavy atom. The number of nitrogens with two attached hydrogens (primary N) is 1. The van der Waals surface area contributed by atoms with Crippen molar-refractivity contribution < 1.29 is 19.2 Å². The Kier molecular flexibility index (Phi) is 6.25. The molecule has 130 valence electrons. The Morgan fingerprint density at radius 3 is 2.71 bits per heavy atom. The number of ether oxygens (including phenoxy) is 1. The molecular formula is C15H19ClN4O4. The van der Waals surface area contributed by atoms with Crippen molar-refractivity contribution in [1.29, 1.82) is 0 Å². The summed E-state index contributed by atoms with van der Waals surface area (Å²) in [5.74, 6) is -0.684. The van der Waals surface area contributed by atoms with Crippen LogP contribution in [0.4, 0.5) is 10.5 Å². The summed E-state index contributed by atoms with van der Waals surface area (Å²) in [7, 11) is 0. The van der Waals surface area contributed by atoms with Crippen LogP contribution < -0.4 is 5.73 Å². The molecular weight excluding hydrogens is 336 g/mol. The number of benzene rings is 1. The lowest BCUT2D eigenvalue weighted by atomic mass is 10.2. The SMILES string of the molecule is CCOC(=O)N1CCN(C=NOC(=O)c2cccc(Cl)c2N)CC1. The number of hydrogen-bond donors (Lipinski definition) is 1. The zero-order valence-corrected chi connectivity index (χ0v) is 14.0. The molecule has 2 N–H and O–H groups in total. The molecule has 0 unspecified atom stereocenters. The largest absolute Gasteiger partial charge is 0.450 e. The van der Waals surface area contributed by atoms with Gasteiger partial charge in [-0.25, -0.2) is 9.59 Å². The monoisotopic (exact) mass is 354 g/mol. The standard InChI is InChI=1S/C15H19ClN4O4/c1-2-23-15(22)20-8-6-19(7-9-20)10-18-24-14(21)11-4-3-5-12(16)13(11)17/h3-5,10H,2,6-9,17H2,1H3. The molecule has 1 heterocycles. The van der Waals surface area contributed by atoms with Gasteiger partial charge in [0.1, 0.15) is 6.34 Å². The molecule has 0 aliphatic carbocycles. The highest BCUT2D eigenvalue weighted by Crippen LogP contribution is 2.22. The van der Waals surface area contributed by atoms with E-state index in [2.05, 4.69) is 5.16 Å². The summed E-state index contributed by atoms with van der Waals surface area (Å²) in [5.41, 5.74) is 6.04. The smallest absolute Gasteiger partial charge is 0.409 e. The third-order valence-corrected chi connectivity index (χ3v) is 3.79. The van der Waals surface area contributed by atoms with Gasteiger partial charge in [-0.3, -0.25) is 0 Å². The number of para-hydroxylation sites is 1. The Morgan fingerprint density at radius 2 is 2.04 bits per heavy atom. The van der Waals surface area contributed by atoms with Gasteiger partial charge < -0.3 is 25.1 Å². The lowest BCUT2D eigenvalue weighted by molar-refractivity contribution is 0.0512. The number of anilines is 1. The first kappa shape index (κ1) is 17.9. The molecule has 1 amide bonds. The van der Waals surface area contributed by atoms with E-state index in [0.717, 1.165) is 0 Å². The molecule has 1 saturated heterocycles. The first-order chi connectivity index (χ1) is 11.5. The molecule has 1 fully saturated rings. The molecule has 0 saturated carbocycles. The average molecular weight is 355 g/mol. The summed E-state index contributed by atoms with van der Waals surface area (Å²) in [4.78, 5) is 31.8. The fraction of sp³-hybridized carbons (Fsp3) is 0.400. The fourth-order valence-electron chi connectivity index (χ4n) is 2.14. The molecule has 9 heteroatoms. The third-order valence-electron chi connectivity index (χ3n) is 3.46. The molecule has 1 aliphatic heterocycles. The number of nitrogens with zero attached hydrogens (tertiary/aromatic N) is 3. The molecule has 0 spiro atoms. The number of oxime groups is 1. The van der Waals surface area contributed by atoms with Crippen LogP contribution >= 0.6 is 11.6 Å². The second-order valence-corrected chi connectivity index (χ2v) is 5.43. The van der Waals surface area contributed by atoms with Crippen molar-refractivity contribution in [3.05, 3.63) is 28.8 Å². The van der Waals surface area contributed by atoms with Gasteiger partial charge in [-0.15, -0.1) is 0 Å². The Bertz CT molecular complexity index is 630. The highest BCUT2D eigenvalue weighted by atomic mass is 35.5. The van der Waals surface area contributed by atoms with Crippen molar-refractivity contribution in [1.82, 2.24) is 9.80 Å². The number of rotatable bonds is 4. The maximum absolute atomic E-state index is 11.9. The number of halogens is 1. The van der Waals surface area contributed by atoms with Crippen molar-refractivity contribution in [3.8, 4) is 0 Å². The van der Waals surface area contributed by atoms with Crippen LogP contribution in [-0.4, -0.2) is 61.0 Å². The van der Waals surface area contributed by atoms with Crippen LogP contribution in [0.1, 0.15) is 17.3 Å². The topological polar surface area (TPSA) is 97.5 Å². The van der Waals surface area contributed by atoms with E-state index in [4.69, 9.17) is 26.9 Å². The summed E-state index contributed by atoms with van der Waals surface area (Å²) in [6.45, 7) is 4.28. The quantitative estimate of drug-likeness (QED) is 0.291. The van der Waals surface area contributed by atoms with E-state index in [0.29, 0.717) is 32.8 Å². The molecule has 0 atom stereocenters. The summed E-state index contributed by atoms with van der Waals surface area (Å²) < 4.78 is 4.94. The minimum absolute atomic E-state index is 0.155. The van der Waals surface area contributed by atoms with Crippen LogP contribution in [-0.2, 0) is 9.57 Å². The summed E-state index contributed by atoms with van der Waals surface area (Å²) in [6.07, 6.45) is 1.10. The van der Waals surface area contributed by atoms with E-state index >= 15 is 0 Å². The number of hydrogen-bond acceptors (Lipinski definition) is 6. The van der Waals surface area contributed by atoms with Gasteiger partial charge >= 0.3 is 12.1 Å². The van der Waals surface area contributed by atoms with Gasteiger partial charge in [0.15, 0.2) is 0 Å². The van der Waals surface area contributed by atoms with Gasteiger partial charge in [-0.2, -0.15) is 0 Å². The molecule has 1 aromatic carbocycles. The molecule has 24 heavy (non-hydrogen) atoms. The molecule has 8 nitrogen and oxygen atoms in total. The van der Waals surface area contributed by atoms with Gasteiger partial charge in [0.05, 0.1) is 22.9 Å². The van der Waals surface area contributed by atoms with Crippen molar-refractivity contribution in [2.45, 2.75) is 6.92 Å². The van der Waals surface area contributed by atoms with E-state index in [1.54, 1.807) is 24.0 Å². The third kappa shape index (κ3) is 4.51. The predicted octanol–water partition coefficient (Wildman–Crippen LogP) is 1.80. The maximum atomic E-state index is 11.9. The van der Waals surface area contributed by atoms with Crippen LogP contribution in [0.5, 0.6) is 0 Å². The van der Waals surface area contributed by atoms with Crippen molar-refractivity contribution in [2.75, 3.05) is 38.5 Å². The van der Waals surface area contributed by atoms with Crippen LogP contribution in [0.15, 0.2) is 23.4 Å². The average Bonchev–Trinajstić information content (AvgIpc) is 2.58. The summed E-state index contributed by atoms with van der Waals surface area (Å²) in [6, 6.07) is 4.70. The van der Waals surface area contributed by atoms with Gasteiger partial charge in [-0.1, -0.05) is 22.8 Å². The zero-order valence-electron chi connectivity index (χ0n) is 13.3. The number of carbonyl (C=O) groups is 2. The summed E-state index contributed by atoms with van der Waals surface area (Å²) in [5, 5.41) is 3.95. The minimum atomic E-state index is -0.684. The fourth-order valence-corrected chi connectivity index (χ4v) is 2.31. The van der Waals surface area contributed by atoms with Gasteiger partial charge in [0, 0.05) is 26.2 Å². The lowest BCUT2D eigenvalue weighted by Gasteiger charge is -2.32. The number of nitrogen functional groups attached to an aromatic ring is 1. The second-order valence-electron chi connectivity index (χ2n) is 5.02. The molecule has 1 aromatic rings. The van der Waals surface area contributed by atoms with E-state index in [1.807, 2.05) is 4.90 Å². The van der Waals surface area contributed by atoms with Crippen molar-refractivity contribution in [3.63, 3.8) is 0 Å². The first-order valence-electron chi connectivity index (χ1n) is 7.47. The molecule has 0 radical (unpaired) electrons. The van der Waals surface area contributed by atoms with Crippen molar-refractivity contribution in [2.24, 2.45) is 5.16 Å². The van der Waals surface area contributed by atoms with Crippen molar-refractivity contribution >= 4 is 35.7 Å². The normalized spacial score (nSPS) is 14.8. The van der Waals surface area contributed by atoms with Crippen LogP contribution in [0.25, 0.3) is 0 Å². The van der Waals surface area contributed by atoms with Crippen LogP contribution in [0.2, 0.25) is 5.02 Å². The first-order valence-corrected chi connectivity index (χ1v) is 7.85. The van der Waals surface area contributed by atoms with E-state index in [-0.39, 0.29) is 22.4 Å². The number of piperazine rings is 1. The van der Waals surface area contributed by atoms with Gasteiger partial charge in [-0.05, 0) is 19.1 Å². The van der Waals surface area contributed by atoms with Gasteiger partial charge in [0.2, 0.25) is 0 Å². The zero-order chi connectivity index (χ0) is 17.5. The molecule has 1 aliphatic rings. The maximum Gasteiger partial charge on any atom is 0.409 e. The minimum Gasteiger partial charge on any atom is -0.450 e. The number of amides is 1. The van der Waals surface area contributed by atoms with E-state index in [9.17, 15) is 9.59 Å². The number of carbonyl (C=O) groups excluding carboxylic acids is 2. The Balaban J connectivity index is 1.82. The second kappa shape index (κ2) is 8.39. The molecule has 2 rings (SSSR count). The Hall–Kier alpha value is -2.48. The van der Waals surface area contributed by atoms with Crippen LogP contribution in [0.3, 0.4) is 0 Å². The van der Waals surface area contributed by atoms with Crippen LogP contribution in [0, 0.1) is 0 Å².